The summed E-state index contributed by atoms with van der Waals surface area (Å²) in [5, 5.41) is 2.45. The number of nitrogens with zero attached hydrogens (tertiary/aromatic N) is 2. The van der Waals surface area contributed by atoms with Crippen LogP contribution in [0.1, 0.15) is 22.0 Å². The van der Waals surface area contributed by atoms with E-state index in [1.165, 1.54) is 6.20 Å². The van der Waals surface area contributed by atoms with Gasteiger partial charge in [-0.15, -0.1) is 0 Å². The zero-order chi connectivity index (χ0) is 13.1. The van der Waals surface area contributed by atoms with Crippen LogP contribution in [0.4, 0.5) is 4.39 Å². The molecule has 1 N–H and O–H groups in total. The molecule has 94 valence electrons. The number of halogens is 2. The molecule has 2 aromatic rings. The smallest absolute Gasteiger partial charge is 0.254 e. The molecule has 0 saturated carbocycles. The fourth-order valence-corrected chi connectivity index (χ4v) is 1.51. The third kappa shape index (κ3) is 2.84. The van der Waals surface area contributed by atoms with Crippen molar-refractivity contribution in [3.05, 3.63) is 46.6 Å². The van der Waals surface area contributed by atoms with Crippen LogP contribution in [0.5, 0.6) is 0 Å². The summed E-state index contributed by atoms with van der Waals surface area (Å²) in [6.07, 6.45) is 2.48. The van der Waals surface area contributed by atoms with Crippen LogP contribution in [0, 0.1) is 12.7 Å². The summed E-state index contributed by atoms with van der Waals surface area (Å²) in [4.78, 5) is 19.2. The van der Waals surface area contributed by atoms with Gasteiger partial charge in [0.15, 0.2) is 0 Å². The highest BCUT2D eigenvalue weighted by molar-refractivity contribution is 6.32. The van der Waals surface area contributed by atoms with E-state index in [1.54, 1.807) is 6.92 Å². The van der Waals surface area contributed by atoms with Gasteiger partial charge in [0, 0.05) is 0 Å². The summed E-state index contributed by atoms with van der Waals surface area (Å²) >= 11 is 5.70. The lowest BCUT2D eigenvalue weighted by molar-refractivity contribution is 0.0946. The van der Waals surface area contributed by atoms with Gasteiger partial charge in [0.25, 0.3) is 5.91 Å². The molecule has 0 radical (unpaired) electrons. The van der Waals surface area contributed by atoms with Crippen LogP contribution in [-0.2, 0) is 6.54 Å². The summed E-state index contributed by atoms with van der Waals surface area (Å²) in [7, 11) is 0. The van der Waals surface area contributed by atoms with Gasteiger partial charge in [-0.2, -0.15) is 0 Å². The van der Waals surface area contributed by atoms with Gasteiger partial charge in [-0.25, -0.2) is 14.4 Å². The number of nitrogens with one attached hydrogen (secondary N) is 1. The molecule has 5 nitrogen and oxygen atoms in total. The quantitative estimate of drug-likeness (QED) is 0.867. The SMILES string of the molecule is Cc1cnc(CNC(=O)c2cc(F)cnc2Cl)o1. The molecule has 2 heterocycles. The van der Waals surface area contributed by atoms with Gasteiger partial charge >= 0.3 is 0 Å². The minimum atomic E-state index is -0.628. The van der Waals surface area contributed by atoms with Gasteiger partial charge in [0.2, 0.25) is 5.89 Å². The lowest BCUT2D eigenvalue weighted by Gasteiger charge is -2.04. The van der Waals surface area contributed by atoms with Crippen molar-refractivity contribution in [2.75, 3.05) is 0 Å². The van der Waals surface area contributed by atoms with Crippen molar-refractivity contribution >= 4 is 17.5 Å². The molecule has 2 rings (SSSR count). The maximum absolute atomic E-state index is 12.9. The summed E-state index contributed by atoms with van der Waals surface area (Å²) < 4.78 is 18.1. The molecular weight excluding hydrogens is 261 g/mol. The lowest BCUT2D eigenvalue weighted by Crippen LogP contribution is -2.23. The van der Waals surface area contributed by atoms with E-state index in [0.29, 0.717) is 11.7 Å². The molecule has 0 fully saturated rings. The van der Waals surface area contributed by atoms with E-state index in [1.807, 2.05) is 0 Å². The van der Waals surface area contributed by atoms with E-state index in [9.17, 15) is 9.18 Å². The highest BCUT2D eigenvalue weighted by Gasteiger charge is 2.13. The first-order chi connectivity index (χ1) is 8.56. The Kier molecular flexibility index (Phi) is 3.57. The number of aryl methyl sites for hydroxylation is 1. The van der Waals surface area contributed by atoms with Crippen LogP contribution in [0.15, 0.2) is 22.9 Å². The topological polar surface area (TPSA) is 68.0 Å². The van der Waals surface area contributed by atoms with Crippen LogP contribution >= 0.6 is 11.6 Å². The Hall–Kier alpha value is -1.95. The maximum atomic E-state index is 12.9. The van der Waals surface area contributed by atoms with Crippen molar-refractivity contribution < 1.29 is 13.6 Å². The van der Waals surface area contributed by atoms with Gasteiger partial charge in [-0.05, 0) is 13.0 Å². The molecule has 0 aliphatic rings. The highest BCUT2D eigenvalue weighted by atomic mass is 35.5. The molecule has 0 aromatic carbocycles. The van der Waals surface area contributed by atoms with Crippen LogP contribution in [0.3, 0.4) is 0 Å². The number of pyridine rings is 1. The molecule has 1 amide bonds. The van der Waals surface area contributed by atoms with Crippen molar-refractivity contribution in [3.8, 4) is 0 Å². The molecule has 0 saturated heterocycles. The average molecular weight is 270 g/mol. The number of aromatic nitrogens is 2. The monoisotopic (exact) mass is 269 g/mol. The van der Waals surface area contributed by atoms with E-state index in [0.717, 1.165) is 12.3 Å². The number of oxazole rings is 1. The molecule has 0 aliphatic carbocycles. The molecule has 18 heavy (non-hydrogen) atoms. The summed E-state index contributed by atoms with van der Waals surface area (Å²) in [5.74, 6) is -0.162. The Labute approximate surface area is 107 Å². The van der Waals surface area contributed by atoms with Crippen molar-refractivity contribution in [2.45, 2.75) is 13.5 Å². The maximum Gasteiger partial charge on any atom is 0.254 e. The number of carbonyl (C=O) groups is 1. The Morgan fingerprint density at radius 1 is 1.50 bits per heavy atom. The second-order valence-electron chi connectivity index (χ2n) is 3.54. The van der Waals surface area contributed by atoms with Crippen LogP contribution in [0.2, 0.25) is 5.15 Å². The van der Waals surface area contributed by atoms with Crippen LogP contribution in [-0.4, -0.2) is 15.9 Å². The van der Waals surface area contributed by atoms with E-state index < -0.39 is 11.7 Å². The zero-order valence-corrected chi connectivity index (χ0v) is 10.2. The number of hydrogen-bond acceptors (Lipinski definition) is 4. The summed E-state index contributed by atoms with van der Waals surface area (Å²) in [5.41, 5.74) is -0.0278. The first kappa shape index (κ1) is 12.5. The fraction of sp³-hybridized carbons (Fsp3) is 0.182. The molecule has 2 aromatic heterocycles. The molecule has 0 atom stereocenters. The Bertz CT molecular complexity index is 585. The molecule has 0 bridgehead atoms. The molecule has 0 spiro atoms. The number of hydrogen-bond donors (Lipinski definition) is 1. The van der Waals surface area contributed by atoms with Crippen LogP contribution < -0.4 is 5.32 Å². The Morgan fingerprint density at radius 2 is 2.28 bits per heavy atom. The van der Waals surface area contributed by atoms with Gasteiger partial charge in [-0.3, -0.25) is 4.79 Å². The number of rotatable bonds is 3. The average Bonchev–Trinajstić information content (AvgIpc) is 2.75. The van der Waals surface area contributed by atoms with Gasteiger partial charge in [0.05, 0.1) is 24.5 Å². The third-order valence-corrected chi connectivity index (χ3v) is 2.42. The third-order valence-electron chi connectivity index (χ3n) is 2.12. The van der Waals surface area contributed by atoms with Crippen molar-refractivity contribution in [1.29, 1.82) is 0 Å². The van der Waals surface area contributed by atoms with E-state index in [-0.39, 0.29) is 17.3 Å². The Balaban J connectivity index is 2.05. The number of carbonyl (C=O) groups excluding carboxylic acids is 1. The number of amides is 1. The largest absolute Gasteiger partial charge is 0.444 e. The molecule has 7 heteroatoms. The van der Waals surface area contributed by atoms with E-state index >= 15 is 0 Å². The minimum Gasteiger partial charge on any atom is -0.444 e. The first-order valence-electron chi connectivity index (χ1n) is 5.07. The molecule has 0 unspecified atom stereocenters. The highest BCUT2D eigenvalue weighted by Crippen LogP contribution is 2.13. The predicted octanol–water partition coefficient (Wildman–Crippen LogP) is 2.10. The van der Waals surface area contributed by atoms with Gasteiger partial charge in [0.1, 0.15) is 16.7 Å². The second kappa shape index (κ2) is 5.14. The Morgan fingerprint density at radius 3 is 2.94 bits per heavy atom. The fourth-order valence-electron chi connectivity index (χ4n) is 1.32. The standard InChI is InChI=1S/C11H9ClFN3O2/c1-6-3-14-9(18-6)5-16-11(17)8-2-7(13)4-15-10(8)12/h2-4H,5H2,1H3,(H,16,17). The predicted molar refractivity (Wildman–Crippen MR) is 61.6 cm³/mol. The van der Waals surface area contributed by atoms with Crippen LogP contribution in [0.25, 0.3) is 0 Å². The minimum absolute atomic E-state index is 0.0278. The first-order valence-corrected chi connectivity index (χ1v) is 5.44. The van der Waals surface area contributed by atoms with Gasteiger partial charge < -0.3 is 9.73 Å². The summed E-state index contributed by atoms with van der Waals surface area (Å²) in [6.45, 7) is 1.84. The second-order valence-corrected chi connectivity index (χ2v) is 3.90. The van der Waals surface area contributed by atoms with E-state index in [4.69, 9.17) is 16.0 Å². The van der Waals surface area contributed by atoms with Crippen molar-refractivity contribution in [3.63, 3.8) is 0 Å². The summed E-state index contributed by atoms with van der Waals surface area (Å²) in [6, 6.07) is 1.02. The van der Waals surface area contributed by atoms with Gasteiger partial charge in [-0.1, -0.05) is 11.6 Å². The normalized spacial score (nSPS) is 10.4. The zero-order valence-electron chi connectivity index (χ0n) is 9.41. The van der Waals surface area contributed by atoms with Crippen molar-refractivity contribution in [1.82, 2.24) is 15.3 Å². The van der Waals surface area contributed by atoms with Crippen molar-refractivity contribution in [2.24, 2.45) is 0 Å². The molecular formula is C11H9ClFN3O2. The molecule has 0 aliphatic heterocycles. The van der Waals surface area contributed by atoms with E-state index in [2.05, 4.69) is 15.3 Å². The lowest BCUT2D eigenvalue weighted by atomic mass is 10.2.